The number of hydrogen-bond donors (Lipinski definition) is 1. The van der Waals surface area contributed by atoms with Crippen molar-refractivity contribution in [2.45, 2.75) is 11.3 Å². The van der Waals surface area contributed by atoms with Crippen LogP contribution in [0.2, 0.25) is 0 Å². The Balaban J connectivity index is 2.73. The summed E-state index contributed by atoms with van der Waals surface area (Å²) >= 11 is 0. The first-order valence-electron chi connectivity index (χ1n) is 3.93. The molecule has 0 unspecified atom stereocenters. The molecular formula is C8H9F2NO3S. The van der Waals surface area contributed by atoms with Crippen molar-refractivity contribution in [1.29, 1.82) is 0 Å². The molecule has 0 fully saturated rings. The Bertz CT molecular complexity index is 416. The first-order chi connectivity index (χ1) is 6.89. The van der Waals surface area contributed by atoms with Crippen molar-refractivity contribution >= 4 is 10.0 Å². The van der Waals surface area contributed by atoms with E-state index in [0.29, 0.717) is 0 Å². The van der Waals surface area contributed by atoms with E-state index in [-0.39, 0.29) is 10.6 Å². The molecule has 0 radical (unpaired) electrons. The van der Waals surface area contributed by atoms with Crippen LogP contribution in [0.4, 0.5) is 8.78 Å². The highest BCUT2D eigenvalue weighted by Crippen LogP contribution is 2.15. The fourth-order valence-corrected chi connectivity index (χ4v) is 1.40. The minimum Gasteiger partial charge on any atom is -0.488 e. The van der Waals surface area contributed by atoms with Gasteiger partial charge in [0.25, 0.3) is 6.43 Å². The quantitative estimate of drug-likeness (QED) is 0.848. The van der Waals surface area contributed by atoms with E-state index in [2.05, 4.69) is 4.74 Å². The SMILES string of the molecule is NS(=O)(=O)c1ccc(OCC(F)F)cc1. The Morgan fingerprint density at radius 2 is 1.80 bits per heavy atom. The largest absolute Gasteiger partial charge is 0.488 e. The van der Waals surface area contributed by atoms with Crippen molar-refractivity contribution in [2.75, 3.05) is 6.61 Å². The Morgan fingerprint density at radius 3 is 2.20 bits per heavy atom. The highest BCUT2D eigenvalue weighted by atomic mass is 32.2. The maximum atomic E-state index is 11.7. The maximum Gasteiger partial charge on any atom is 0.272 e. The predicted octanol–water partition coefficient (Wildman–Crippen LogP) is 0.978. The van der Waals surface area contributed by atoms with Crippen LogP contribution in [0.15, 0.2) is 29.2 Å². The normalized spacial score (nSPS) is 11.7. The van der Waals surface area contributed by atoms with Gasteiger partial charge in [0, 0.05) is 0 Å². The molecule has 0 aliphatic carbocycles. The molecule has 0 aliphatic heterocycles. The van der Waals surface area contributed by atoms with Gasteiger partial charge in [0.15, 0.2) is 0 Å². The highest BCUT2D eigenvalue weighted by Gasteiger charge is 2.08. The molecule has 0 bridgehead atoms. The lowest BCUT2D eigenvalue weighted by atomic mass is 10.3. The van der Waals surface area contributed by atoms with Gasteiger partial charge in [-0.15, -0.1) is 0 Å². The number of nitrogens with two attached hydrogens (primary N) is 1. The molecule has 0 saturated carbocycles. The third-order valence-electron chi connectivity index (χ3n) is 1.53. The van der Waals surface area contributed by atoms with Crippen LogP contribution in [0.5, 0.6) is 5.75 Å². The first-order valence-corrected chi connectivity index (χ1v) is 5.48. The summed E-state index contributed by atoms with van der Waals surface area (Å²) in [6.45, 7) is -0.727. The molecule has 0 amide bonds. The number of sulfonamides is 1. The van der Waals surface area contributed by atoms with Crippen LogP contribution >= 0.6 is 0 Å². The zero-order chi connectivity index (χ0) is 11.5. The molecule has 4 nitrogen and oxygen atoms in total. The lowest BCUT2D eigenvalue weighted by Gasteiger charge is -2.05. The number of primary sulfonamides is 1. The summed E-state index contributed by atoms with van der Waals surface area (Å²) in [5.41, 5.74) is 0. The van der Waals surface area contributed by atoms with Crippen molar-refractivity contribution in [3.05, 3.63) is 24.3 Å². The predicted molar refractivity (Wildman–Crippen MR) is 49.3 cm³/mol. The molecule has 7 heteroatoms. The number of benzene rings is 1. The summed E-state index contributed by atoms with van der Waals surface area (Å²) in [5.74, 6) is 0.169. The smallest absolute Gasteiger partial charge is 0.272 e. The van der Waals surface area contributed by atoms with Crippen molar-refractivity contribution < 1.29 is 21.9 Å². The van der Waals surface area contributed by atoms with E-state index < -0.39 is 23.1 Å². The summed E-state index contributed by atoms with van der Waals surface area (Å²) in [6, 6.07) is 4.91. The van der Waals surface area contributed by atoms with Crippen LogP contribution < -0.4 is 9.88 Å². The van der Waals surface area contributed by atoms with E-state index in [1.807, 2.05) is 0 Å². The molecule has 84 valence electrons. The zero-order valence-electron chi connectivity index (χ0n) is 7.56. The van der Waals surface area contributed by atoms with Gasteiger partial charge in [-0.2, -0.15) is 0 Å². The minimum absolute atomic E-state index is 0.0908. The molecule has 0 spiro atoms. The van der Waals surface area contributed by atoms with Crippen molar-refractivity contribution in [3.63, 3.8) is 0 Å². The van der Waals surface area contributed by atoms with E-state index in [9.17, 15) is 17.2 Å². The summed E-state index contributed by atoms with van der Waals surface area (Å²) in [4.78, 5) is -0.0908. The monoisotopic (exact) mass is 237 g/mol. The maximum absolute atomic E-state index is 11.7. The van der Waals surface area contributed by atoms with Crippen LogP contribution in [0, 0.1) is 0 Å². The fraction of sp³-hybridized carbons (Fsp3) is 0.250. The summed E-state index contributed by atoms with van der Waals surface area (Å²) in [6.07, 6.45) is -2.57. The second-order valence-corrected chi connectivity index (χ2v) is 4.28. The van der Waals surface area contributed by atoms with E-state index in [1.165, 1.54) is 24.3 Å². The van der Waals surface area contributed by atoms with Gasteiger partial charge in [-0.05, 0) is 24.3 Å². The highest BCUT2D eigenvalue weighted by molar-refractivity contribution is 7.89. The number of hydrogen-bond acceptors (Lipinski definition) is 3. The summed E-state index contributed by atoms with van der Waals surface area (Å²) in [7, 11) is -3.75. The van der Waals surface area contributed by atoms with E-state index in [1.54, 1.807) is 0 Å². The Kier molecular flexibility index (Phi) is 3.59. The van der Waals surface area contributed by atoms with Gasteiger partial charge in [-0.1, -0.05) is 0 Å². The third-order valence-corrected chi connectivity index (χ3v) is 2.46. The second kappa shape index (κ2) is 4.54. The molecule has 15 heavy (non-hydrogen) atoms. The average Bonchev–Trinajstić information content (AvgIpc) is 2.14. The van der Waals surface area contributed by atoms with Gasteiger partial charge in [-0.3, -0.25) is 0 Å². The van der Waals surface area contributed by atoms with E-state index in [0.717, 1.165) is 0 Å². The number of halogens is 2. The third kappa shape index (κ3) is 3.80. The van der Waals surface area contributed by atoms with Crippen LogP contribution in [0.1, 0.15) is 0 Å². The summed E-state index contributed by atoms with van der Waals surface area (Å²) < 4.78 is 49.8. The molecule has 0 aromatic heterocycles. The van der Waals surface area contributed by atoms with Crippen LogP contribution in [0.3, 0.4) is 0 Å². The van der Waals surface area contributed by atoms with E-state index >= 15 is 0 Å². The second-order valence-electron chi connectivity index (χ2n) is 2.72. The van der Waals surface area contributed by atoms with Gasteiger partial charge in [-0.25, -0.2) is 22.3 Å². The lowest BCUT2D eigenvalue weighted by molar-refractivity contribution is 0.0819. The molecule has 1 aromatic rings. The zero-order valence-corrected chi connectivity index (χ0v) is 8.38. The molecule has 0 aliphatic rings. The van der Waals surface area contributed by atoms with Gasteiger partial charge in [0.2, 0.25) is 10.0 Å². The number of ether oxygens (including phenoxy) is 1. The van der Waals surface area contributed by atoms with Crippen molar-refractivity contribution in [1.82, 2.24) is 0 Å². The Morgan fingerprint density at radius 1 is 1.27 bits per heavy atom. The fourth-order valence-electron chi connectivity index (χ4n) is 0.885. The molecule has 0 saturated heterocycles. The topological polar surface area (TPSA) is 69.4 Å². The van der Waals surface area contributed by atoms with E-state index in [4.69, 9.17) is 5.14 Å². The molecule has 1 rings (SSSR count). The summed E-state index contributed by atoms with van der Waals surface area (Å²) in [5, 5.41) is 4.84. The van der Waals surface area contributed by atoms with Crippen LogP contribution in [0.25, 0.3) is 0 Å². The standard InChI is InChI=1S/C8H9F2NO3S/c9-8(10)5-14-6-1-3-7(4-2-6)15(11,12)13/h1-4,8H,5H2,(H2,11,12,13). The van der Waals surface area contributed by atoms with Gasteiger partial charge >= 0.3 is 0 Å². The molecular weight excluding hydrogens is 228 g/mol. The van der Waals surface area contributed by atoms with Crippen LogP contribution in [-0.4, -0.2) is 21.5 Å². The molecule has 0 atom stereocenters. The van der Waals surface area contributed by atoms with Gasteiger partial charge < -0.3 is 4.74 Å². The molecule has 1 aromatic carbocycles. The minimum atomic E-state index is -3.75. The lowest BCUT2D eigenvalue weighted by Crippen LogP contribution is -2.12. The van der Waals surface area contributed by atoms with Crippen molar-refractivity contribution in [2.24, 2.45) is 5.14 Å². The average molecular weight is 237 g/mol. The molecule has 0 heterocycles. The number of rotatable bonds is 4. The van der Waals surface area contributed by atoms with Crippen molar-refractivity contribution in [3.8, 4) is 5.75 Å². The van der Waals surface area contributed by atoms with Gasteiger partial charge in [0.05, 0.1) is 4.90 Å². The Hall–Kier alpha value is -1.21. The molecule has 2 N–H and O–H groups in total. The first kappa shape index (κ1) is 11.9. The number of alkyl halides is 2. The Labute approximate surface area is 85.7 Å². The van der Waals surface area contributed by atoms with Gasteiger partial charge in [0.1, 0.15) is 12.4 Å². The van der Waals surface area contributed by atoms with Crippen LogP contribution in [-0.2, 0) is 10.0 Å².